The Morgan fingerprint density at radius 3 is 2.16 bits per heavy atom. The first-order valence-corrected chi connectivity index (χ1v) is 15.8. The molecule has 6 aromatic carbocycles. The third kappa shape index (κ3) is 3.88. The van der Waals surface area contributed by atoms with Crippen LogP contribution in [0.25, 0.3) is 58.8 Å². The minimum absolute atomic E-state index is 0.751. The Labute approximate surface area is 262 Å². The second kappa shape index (κ2) is 9.75. The molecule has 0 saturated carbocycles. The van der Waals surface area contributed by atoms with Gasteiger partial charge in [0.1, 0.15) is 16.0 Å². The Morgan fingerprint density at radius 1 is 0.614 bits per heavy atom. The topological polar surface area (TPSA) is 21.3 Å². The molecule has 0 atom stereocenters. The molecule has 0 radical (unpaired) electrons. The van der Waals surface area contributed by atoms with Crippen molar-refractivity contribution in [1.82, 2.24) is 4.57 Å². The third-order valence-electron chi connectivity index (χ3n) is 8.51. The number of aryl methyl sites for hydroxylation is 1. The van der Waals surface area contributed by atoms with Crippen LogP contribution < -0.4 is 4.90 Å². The number of benzene rings is 6. The highest BCUT2D eigenvalue weighted by Gasteiger charge is 2.21. The largest absolute Gasteiger partial charge is 0.456 e. The standard InChI is InChI=1S/C39H25ClN2OS/c1-24-11-14-27(15-12-24)41(29-16-18-31-30-9-5-6-10-35(30)43-36(31)23-29)28-17-19-32-34(22-28)42(26-7-3-2-4-8-26)39-38(32)33-21-25(40)13-20-37(33)44-39/h2-23H,1H3. The molecule has 0 unspecified atom stereocenters. The summed E-state index contributed by atoms with van der Waals surface area (Å²) < 4.78 is 9.94. The summed E-state index contributed by atoms with van der Waals surface area (Å²) in [6, 6.07) is 47.1. The molecule has 0 amide bonds. The highest BCUT2D eigenvalue weighted by molar-refractivity contribution is 7.25. The van der Waals surface area contributed by atoms with Gasteiger partial charge in [-0.05, 0) is 79.7 Å². The van der Waals surface area contributed by atoms with Crippen LogP contribution in [0.4, 0.5) is 17.1 Å². The summed E-state index contributed by atoms with van der Waals surface area (Å²) in [6.07, 6.45) is 0. The van der Waals surface area contributed by atoms with Crippen LogP contribution in [0, 0.1) is 6.92 Å². The van der Waals surface area contributed by atoms with Gasteiger partial charge >= 0.3 is 0 Å². The zero-order chi connectivity index (χ0) is 29.4. The van der Waals surface area contributed by atoms with Crippen LogP contribution in [0.1, 0.15) is 5.56 Å². The fourth-order valence-electron chi connectivity index (χ4n) is 6.47. The molecule has 0 aliphatic carbocycles. The Bertz CT molecular complexity index is 2520. The fraction of sp³-hybridized carbons (Fsp3) is 0.0256. The van der Waals surface area contributed by atoms with Crippen molar-refractivity contribution in [3.63, 3.8) is 0 Å². The van der Waals surface area contributed by atoms with Gasteiger partial charge in [0.25, 0.3) is 0 Å². The first kappa shape index (κ1) is 25.5. The summed E-state index contributed by atoms with van der Waals surface area (Å²) in [6.45, 7) is 2.12. The molecule has 3 heterocycles. The number of anilines is 3. The number of rotatable bonds is 4. The molecule has 3 aromatic heterocycles. The van der Waals surface area contributed by atoms with Crippen molar-refractivity contribution in [2.45, 2.75) is 6.92 Å². The molecule has 5 heteroatoms. The molecular formula is C39H25ClN2OS. The number of para-hydroxylation sites is 2. The van der Waals surface area contributed by atoms with Gasteiger partial charge in [-0.15, -0.1) is 11.3 Å². The van der Waals surface area contributed by atoms with E-state index in [0.29, 0.717) is 0 Å². The number of thiophene rings is 1. The maximum Gasteiger partial charge on any atom is 0.137 e. The van der Waals surface area contributed by atoms with Crippen LogP contribution in [-0.4, -0.2) is 4.57 Å². The minimum Gasteiger partial charge on any atom is -0.456 e. The van der Waals surface area contributed by atoms with Crippen molar-refractivity contribution in [3.8, 4) is 5.69 Å². The zero-order valence-corrected chi connectivity index (χ0v) is 25.4. The van der Waals surface area contributed by atoms with E-state index in [0.717, 1.165) is 55.2 Å². The monoisotopic (exact) mass is 604 g/mol. The molecule has 0 spiro atoms. The second-order valence-corrected chi connectivity index (χ2v) is 12.7. The molecule has 44 heavy (non-hydrogen) atoms. The van der Waals surface area contributed by atoms with Gasteiger partial charge < -0.3 is 13.9 Å². The lowest BCUT2D eigenvalue weighted by Crippen LogP contribution is -2.10. The predicted molar refractivity (Wildman–Crippen MR) is 188 cm³/mol. The van der Waals surface area contributed by atoms with Crippen LogP contribution in [0.15, 0.2) is 138 Å². The lowest BCUT2D eigenvalue weighted by Gasteiger charge is -2.26. The Hall–Kier alpha value is -5.03. The van der Waals surface area contributed by atoms with Gasteiger partial charge in [-0.25, -0.2) is 0 Å². The molecule has 0 aliphatic heterocycles. The molecule has 0 N–H and O–H groups in total. The lowest BCUT2D eigenvalue weighted by atomic mass is 10.1. The molecule has 3 nitrogen and oxygen atoms in total. The number of nitrogens with zero attached hydrogens (tertiary/aromatic N) is 2. The van der Waals surface area contributed by atoms with Gasteiger partial charge in [0.2, 0.25) is 0 Å². The van der Waals surface area contributed by atoms with E-state index in [-0.39, 0.29) is 0 Å². The third-order valence-corrected chi connectivity index (χ3v) is 9.90. The number of fused-ring (bicyclic) bond motifs is 8. The van der Waals surface area contributed by atoms with Crippen molar-refractivity contribution in [2.75, 3.05) is 4.90 Å². The highest BCUT2D eigenvalue weighted by Crippen LogP contribution is 2.46. The van der Waals surface area contributed by atoms with Crippen molar-refractivity contribution >= 4 is 93.1 Å². The smallest absolute Gasteiger partial charge is 0.137 e. The second-order valence-electron chi connectivity index (χ2n) is 11.2. The van der Waals surface area contributed by atoms with Crippen molar-refractivity contribution in [1.29, 1.82) is 0 Å². The van der Waals surface area contributed by atoms with E-state index in [1.165, 1.54) is 31.3 Å². The number of hydrogen-bond acceptors (Lipinski definition) is 3. The van der Waals surface area contributed by atoms with Crippen LogP contribution in [-0.2, 0) is 0 Å². The van der Waals surface area contributed by atoms with Crippen LogP contribution in [0.2, 0.25) is 5.02 Å². The average Bonchev–Trinajstić information content (AvgIpc) is 3.70. The van der Waals surface area contributed by atoms with E-state index in [1.54, 1.807) is 0 Å². The molecule has 9 rings (SSSR count). The Morgan fingerprint density at radius 2 is 1.32 bits per heavy atom. The van der Waals surface area contributed by atoms with Crippen LogP contribution in [0.3, 0.4) is 0 Å². The fourth-order valence-corrected chi connectivity index (χ4v) is 7.87. The Balaban J connectivity index is 1.32. The van der Waals surface area contributed by atoms with Gasteiger partial charge in [0.15, 0.2) is 0 Å². The van der Waals surface area contributed by atoms with E-state index in [9.17, 15) is 0 Å². The van der Waals surface area contributed by atoms with E-state index < -0.39 is 0 Å². The van der Waals surface area contributed by atoms with E-state index >= 15 is 0 Å². The molecular weight excluding hydrogens is 580 g/mol. The summed E-state index contributed by atoms with van der Waals surface area (Å²) in [5, 5.41) is 6.63. The molecule has 210 valence electrons. The van der Waals surface area contributed by atoms with E-state index in [1.807, 2.05) is 29.5 Å². The van der Waals surface area contributed by atoms with Crippen LogP contribution >= 0.6 is 22.9 Å². The summed E-state index contributed by atoms with van der Waals surface area (Å²) in [4.78, 5) is 3.53. The number of aromatic nitrogens is 1. The number of furan rings is 1. The maximum absolute atomic E-state index is 6.52. The van der Waals surface area contributed by atoms with Gasteiger partial charge in [-0.1, -0.05) is 71.8 Å². The van der Waals surface area contributed by atoms with Gasteiger partial charge in [-0.3, -0.25) is 0 Å². The molecule has 9 aromatic rings. The summed E-state index contributed by atoms with van der Waals surface area (Å²) in [5.74, 6) is 0. The zero-order valence-electron chi connectivity index (χ0n) is 23.8. The summed E-state index contributed by atoms with van der Waals surface area (Å²) >= 11 is 8.32. The molecule has 0 bridgehead atoms. The number of halogens is 1. The van der Waals surface area contributed by atoms with Crippen molar-refractivity contribution in [2.24, 2.45) is 0 Å². The summed E-state index contributed by atoms with van der Waals surface area (Å²) in [7, 11) is 0. The van der Waals surface area contributed by atoms with E-state index in [2.05, 4.69) is 132 Å². The average molecular weight is 605 g/mol. The van der Waals surface area contributed by atoms with Gasteiger partial charge in [-0.2, -0.15) is 0 Å². The SMILES string of the molecule is Cc1ccc(N(c2ccc3c(c2)oc2ccccc23)c2ccc3c4c5cc(Cl)ccc5sc4n(-c4ccccc4)c3c2)cc1. The first-order chi connectivity index (χ1) is 21.6. The summed E-state index contributed by atoms with van der Waals surface area (Å²) in [5.41, 5.74) is 8.47. The van der Waals surface area contributed by atoms with Crippen LogP contribution in [0.5, 0.6) is 0 Å². The highest BCUT2D eigenvalue weighted by atomic mass is 35.5. The van der Waals surface area contributed by atoms with Gasteiger partial charge in [0.05, 0.1) is 5.52 Å². The minimum atomic E-state index is 0.751. The van der Waals surface area contributed by atoms with Gasteiger partial charge in [0, 0.05) is 65.5 Å². The lowest BCUT2D eigenvalue weighted by molar-refractivity contribution is 0.669. The first-order valence-electron chi connectivity index (χ1n) is 14.6. The maximum atomic E-state index is 6.52. The van der Waals surface area contributed by atoms with Crippen molar-refractivity contribution < 1.29 is 4.42 Å². The normalized spacial score (nSPS) is 11.9. The Kier molecular flexibility index (Phi) is 5.64. The predicted octanol–water partition coefficient (Wildman–Crippen LogP) is 12.3. The van der Waals surface area contributed by atoms with Crippen molar-refractivity contribution in [3.05, 3.63) is 144 Å². The van der Waals surface area contributed by atoms with E-state index in [4.69, 9.17) is 16.0 Å². The molecule has 0 aliphatic rings. The quantitative estimate of drug-likeness (QED) is 0.199. The number of hydrogen-bond donors (Lipinski definition) is 0. The molecule has 0 fully saturated rings. The molecule has 0 saturated heterocycles.